The van der Waals surface area contributed by atoms with Crippen molar-refractivity contribution >= 4 is 20.4 Å². The SMILES string of the molecule is C=C(C)C(=O)OCOC(OC)C(OC)(OCOC(=O)C(=C)C)P=O. The lowest BCUT2D eigenvalue weighted by molar-refractivity contribution is -0.322. The second-order valence-corrected chi connectivity index (χ2v) is 5.27. The van der Waals surface area contributed by atoms with Gasteiger partial charge in [-0.2, -0.15) is 0 Å². The van der Waals surface area contributed by atoms with Crippen molar-refractivity contribution in [1.29, 1.82) is 0 Å². The first-order chi connectivity index (χ1) is 11.2. The van der Waals surface area contributed by atoms with Gasteiger partial charge in [0, 0.05) is 25.4 Å². The monoisotopic (exact) mass is 364 g/mol. The molecule has 136 valence electrons. The molecule has 10 heteroatoms. The molecule has 0 bridgehead atoms. The number of rotatable bonds is 12. The largest absolute Gasteiger partial charge is 0.435 e. The van der Waals surface area contributed by atoms with Gasteiger partial charge in [0.15, 0.2) is 13.6 Å². The van der Waals surface area contributed by atoms with E-state index in [-0.39, 0.29) is 11.1 Å². The van der Waals surface area contributed by atoms with Gasteiger partial charge in [-0.1, -0.05) is 13.2 Å². The second-order valence-electron chi connectivity index (χ2n) is 4.46. The molecule has 0 saturated heterocycles. The number of esters is 2. The smallest absolute Gasteiger partial charge is 0.335 e. The average molecular weight is 364 g/mol. The van der Waals surface area contributed by atoms with Crippen LogP contribution in [-0.4, -0.2) is 51.6 Å². The summed E-state index contributed by atoms with van der Waals surface area (Å²) in [5.41, 5.74) is -1.61. The van der Waals surface area contributed by atoms with E-state index in [0.29, 0.717) is 0 Å². The zero-order valence-corrected chi connectivity index (χ0v) is 14.9. The first-order valence-corrected chi connectivity index (χ1v) is 7.38. The molecule has 2 unspecified atom stereocenters. The molecule has 0 aliphatic carbocycles. The Morgan fingerprint density at radius 3 is 1.92 bits per heavy atom. The topological polar surface area (TPSA) is 107 Å². The Hall–Kier alpha value is -1.64. The van der Waals surface area contributed by atoms with Crippen molar-refractivity contribution in [3.63, 3.8) is 0 Å². The van der Waals surface area contributed by atoms with Gasteiger partial charge in [-0.3, -0.25) is 9.30 Å². The lowest BCUT2D eigenvalue weighted by Gasteiger charge is -2.31. The Labute approximate surface area is 141 Å². The van der Waals surface area contributed by atoms with Gasteiger partial charge in [0.1, 0.15) is 0 Å². The molecule has 0 heterocycles. The Balaban J connectivity index is 4.78. The fourth-order valence-electron chi connectivity index (χ4n) is 1.22. The first kappa shape index (κ1) is 22.4. The zero-order chi connectivity index (χ0) is 18.8. The van der Waals surface area contributed by atoms with Crippen LogP contribution in [0.3, 0.4) is 0 Å². The maximum atomic E-state index is 11.5. The summed E-state index contributed by atoms with van der Waals surface area (Å²) in [6.45, 7) is 8.61. The van der Waals surface area contributed by atoms with Gasteiger partial charge in [-0.25, -0.2) is 9.59 Å². The fraction of sp³-hybridized carbons (Fsp3) is 0.571. The second kappa shape index (κ2) is 11.0. The van der Waals surface area contributed by atoms with Gasteiger partial charge in [-0.05, 0) is 13.8 Å². The third-order valence-electron chi connectivity index (χ3n) is 2.49. The maximum Gasteiger partial charge on any atom is 0.335 e. The molecule has 0 fully saturated rings. The van der Waals surface area contributed by atoms with Crippen LogP contribution < -0.4 is 0 Å². The van der Waals surface area contributed by atoms with Crippen LogP contribution in [0, 0.1) is 0 Å². The van der Waals surface area contributed by atoms with Gasteiger partial charge in [0.25, 0.3) is 0 Å². The van der Waals surface area contributed by atoms with E-state index in [4.69, 9.17) is 28.4 Å². The zero-order valence-electron chi connectivity index (χ0n) is 14.0. The van der Waals surface area contributed by atoms with E-state index in [1.165, 1.54) is 28.1 Å². The number of carbonyl (C=O) groups is 2. The summed E-state index contributed by atoms with van der Waals surface area (Å²) in [5.74, 6) is -1.38. The normalized spacial score (nSPS) is 14.5. The number of ether oxygens (including phenoxy) is 6. The van der Waals surface area contributed by atoms with E-state index >= 15 is 0 Å². The molecule has 0 aliphatic rings. The molecular formula is C14H21O9P. The molecule has 0 aliphatic heterocycles. The predicted octanol–water partition coefficient (Wildman–Crippen LogP) is 1.74. The third-order valence-corrected chi connectivity index (χ3v) is 3.27. The number of hydrogen-bond donors (Lipinski definition) is 0. The fourth-order valence-corrected chi connectivity index (χ4v) is 1.66. The van der Waals surface area contributed by atoms with Gasteiger partial charge >= 0.3 is 17.5 Å². The molecule has 0 amide bonds. The predicted molar refractivity (Wildman–Crippen MR) is 81.9 cm³/mol. The van der Waals surface area contributed by atoms with Crippen LogP contribution in [0.5, 0.6) is 0 Å². The molecule has 9 nitrogen and oxygen atoms in total. The van der Waals surface area contributed by atoms with E-state index < -0.39 is 45.8 Å². The van der Waals surface area contributed by atoms with E-state index in [1.807, 2.05) is 0 Å². The van der Waals surface area contributed by atoms with Crippen molar-refractivity contribution in [1.82, 2.24) is 0 Å². The summed E-state index contributed by atoms with van der Waals surface area (Å²) in [5, 5.41) is 0. The van der Waals surface area contributed by atoms with Crippen LogP contribution >= 0.6 is 8.46 Å². The molecule has 0 aromatic rings. The molecule has 0 aromatic carbocycles. The van der Waals surface area contributed by atoms with Gasteiger partial charge in [-0.15, -0.1) is 0 Å². The Morgan fingerprint density at radius 1 is 1.04 bits per heavy atom. The average Bonchev–Trinajstić information content (AvgIpc) is 2.55. The maximum absolute atomic E-state index is 11.5. The highest BCUT2D eigenvalue weighted by molar-refractivity contribution is 7.25. The van der Waals surface area contributed by atoms with E-state index in [1.54, 1.807) is 0 Å². The lowest BCUT2D eigenvalue weighted by Crippen LogP contribution is -2.45. The number of hydrogen-bond acceptors (Lipinski definition) is 9. The summed E-state index contributed by atoms with van der Waals surface area (Å²) in [6, 6.07) is 0. The van der Waals surface area contributed by atoms with Gasteiger partial charge < -0.3 is 23.7 Å². The van der Waals surface area contributed by atoms with Crippen molar-refractivity contribution < 1.29 is 42.6 Å². The molecule has 0 spiro atoms. The van der Waals surface area contributed by atoms with Crippen LogP contribution in [0.4, 0.5) is 0 Å². The summed E-state index contributed by atoms with van der Waals surface area (Å²) in [7, 11) is 1.73. The number of methoxy groups -OCH3 is 2. The van der Waals surface area contributed by atoms with E-state index in [0.717, 1.165) is 0 Å². The highest BCUT2D eigenvalue weighted by atomic mass is 31.1. The van der Waals surface area contributed by atoms with Gasteiger partial charge in [0.2, 0.25) is 14.8 Å². The van der Waals surface area contributed by atoms with Gasteiger partial charge in [0.05, 0.1) is 0 Å². The minimum atomic E-state index is -1.94. The van der Waals surface area contributed by atoms with Crippen molar-refractivity contribution in [2.45, 2.75) is 25.7 Å². The minimum Gasteiger partial charge on any atom is -0.435 e. The third kappa shape index (κ3) is 6.86. The molecule has 0 radical (unpaired) electrons. The number of carbonyl (C=O) groups excluding carboxylic acids is 2. The van der Waals surface area contributed by atoms with Crippen LogP contribution in [0.25, 0.3) is 0 Å². The van der Waals surface area contributed by atoms with Crippen LogP contribution in [-0.2, 0) is 42.6 Å². The van der Waals surface area contributed by atoms with Crippen molar-refractivity contribution in [3.8, 4) is 0 Å². The quantitative estimate of drug-likeness (QED) is 0.221. The van der Waals surface area contributed by atoms with E-state index in [2.05, 4.69) is 13.2 Å². The molecular weight excluding hydrogens is 343 g/mol. The molecule has 0 saturated carbocycles. The Morgan fingerprint density at radius 2 is 1.54 bits per heavy atom. The van der Waals surface area contributed by atoms with E-state index in [9.17, 15) is 14.2 Å². The van der Waals surface area contributed by atoms with Crippen LogP contribution in [0.1, 0.15) is 13.8 Å². The lowest BCUT2D eigenvalue weighted by atomic mass is 10.4. The summed E-state index contributed by atoms with van der Waals surface area (Å²) < 4.78 is 41.3. The molecule has 0 N–H and O–H groups in total. The highest BCUT2D eigenvalue weighted by Gasteiger charge is 2.44. The molecule has 0 aromatic heterocycles. The minimum absolute atomic E-state index is 0.160. The summed E-state index contributed by atoms with van der Waals surface area (Å²) >= 11 is 0. The van der Waals surface area contributed by atoms with Crippen molar-refractivity contribution in [2.24, 2.45) is 0 Å². The van der Waals surface area contributed by atoms with Crippen molar-refractivity contribution in [3.05, 3.63) is 24.3 Å². The molecule has 2 atom stereocenters. The Bertz CT molecular complexity index is 491. The molecule has 0 rings (SSSR count). The standard InChI is InChI=1S/C14H21O9P/c1-9(2)11(15)20-7-22-13(18-5)14(19-6,24-17)23-8-21-12(16)10(3)4/h13H,1,3,7-8H2,2,4-6H3. The van der Waals surface area contributed by atoms with Crippen LogP contribution in [0.2, 0.25) is 0 Å². The molecule has 24 heavy (non-hydrogen) atoms. The highest BCUT2D eigenvalue weighted by Crippen LogP contribution is 2.32. The first-order valence-electron chi connectivity index (χ1n) is 6.57. The summed E-state index contributed by atoms with van der Waals surface area (Å²) in [6.07, 6.45) is -1.36. The van der Waals surface area contributed by atoms with Crippen molar-refractivity contribution in [2.75, 3.05) is 27.8 Å². The summed E-state index contributed by atoms with van der Waals surface area (Å²) in [4.78, 5) is 22.6. The van der Waals surface area contributed by atoms with Crippen LogP contribution in [0.15, 0.2) is 24.3 Å². The Kier molecular flexibility index (Phi) is 10.3.